The highest BCUT2D eigenvalue weighted by Gasteiger charge is 2.13. The summed E-state index contributed by atoms with van der Waals surface area (Å²) in [4.78, 5) is 0. The third-order valence-electron chi connectivity index (χ3n) is 2.42. The van der Waals surface area contributed by atoms with Gasteiger partial charge >= 0.3 is 0 Å². The van der Waals surface area contributed by atoms with Crippen LogP contribution in [0.3, 0.4) is 0 Å². The van der Waals surface area contributed by atoms with Gasteiger partial charge in [0.15, 0.2) is 0 Å². The zero-order valence-electron chi connectivity index (χ0n) is 9.88. The molecule has 0 fully saturated rings. The largest absolute Gasteiger partial charge is 0.380 e. The van der Waals surface area contributed by atoms with Gasteiger partial charge in [0, 0.05) is 23.2 Å². The minimum absolute atomic E-state index is 0.143. The first-order chi connectivity index (χ1) is 8.19. The molecular weight excluding hydrogens is 243 g/mol. The molecular formula is C12H18ClFN2O. The maximum Gasteiger partial charge on any atom is 0.127 e. The average Bonchev–Trinajstić information content (AvgIpc) is 2.32. The van der Waals surface area contributed by atoms with Crippen molar-refractivity contribution in [2.75, 3.05) is 13.2 Å². The van der Waals surface area contributed by atoms with Crippen molar-refractivity contribution in [2.45, 2.75) is 25.8 Å². The summed E-state index contributed by atoms with van der Waals surface area (Å²) in [5.41, 5.74) is 3.08. The molecule has 0 aliphatic heterocycles. The second kappa shape index (κ2) is 7.61. The van der Waals surface area contributed by atoms with Gasteiger partial charge in [0.25, 0.3) is 0 Å². The van der Waals surface area contributed by atoms with E-state index in [1.165, 1.54) is 6.07 Å². The molecule has 0 aromatic heterocycles. The number of nitrogens with one attached hydrogen (secondary N) is 1. The van der Waals surface area contributed by atoms with Crippen LogP contribution >= 0.6 is 11.6 Å². The van der Waals surface area contributed by atoms with Crippen molar-refractivity contribution in [1.82, 2.24) is 5.43 Å². The van der Waals surface area contributed by atoms with E-state index in [4.69, 9.17) is 22.2 Å². The molecule has 0 saturated heterocycles. The summed E-state index contributed by atoms with van der Waals surface area (Å²) >= 11 is 5.94. The summed E-state index contributed by atoms with van der Waals surface area (Å²) in [5.74, 6) is 5.10. The maximum atomic E-state index is 13.5. The Kier molecular flexibility index (Phi) is 6.44. The Labute approximate surface area is 106 Å². The Hall–Kier alpha value is -0.680. The van der Waals surface area contributed by atoms with Crippen LogP contribution in [0.5, 0.6) is 0 Å². The van der Waals surface area contributed by atoms with Crippen molar-refractivity contribution >= 4 is 11.6 Å². The van der Waals surface area contributed by atoms with Crippen molar-refractivity contribution in [3.05, 3.63) is 34.6 Å². The molecule has 17 heavy (non-hydrogen) atoms. The van der Waals surface area contributed by atoms with Crippen LogP contribution in [0.15, 0.2) is 18.2 Å². The summed E-state index contributed by atoms with van der Waals surface area (Å²) < 4.78 is 18.9. The Bertz CT molecular complexity index is 329. The van der Waals surface area contributed by atoms with E-state index in [1.807, 2.05) is 6.92 Å². The minimum atomic E-state index is -0.312. The number of hydrogen-bond donors (Lipinski definition) is 2. The van der Waals surface area contributed by atoms with Crippen molar-refractivity contribution in [2.24, 2.45) is 5.84 Å². The van der Waals surface area contributed by atoms with E-state index in [0.717, 1.165) is 6.42 Å². The van der Waals surface area contributed by atoms with E-state index >= 15 is 0 Å². The van der Waals surface area contributed by atoms with Gasteiger partial charge in [-0.05, 0) is 25.0 Å². The predicted molar refractivity (Wildman–Crippen MR) is 67.3 cm³/mol. The topological polar surface area (TPSA) is 47.3 Å². The molecule has 3 nitrogen and oxygen atoms in total. The highest BCUT2D eigenvalue weighted by molar-refractivity contribution is 6.31. The fraction of sp³-hybridized carbons (Fsp3) is 0.500. The normalized spacial score (nSPS) is 12.7. The number of benzene rings is 1. The molecule has 0 aliphatic carbocycles. The zero-order valence-corrected chi connectivity index (χ0v) is 10.6. The minimum Gasteiger partial charge on any atom is -0.380 e. The van der Waals surface area contributed by atoms with Crippen LogP contribution in [0.25, 0.3) is 0 Å². The quantitative estimate of drug-likeness (QED) is 0.449. The first-order valence-electron chi connectivity index (χ1n) is 5.65. The molecule has 0 heterocycles. The van der Waals surface area contributed by atoms with Gasteiger partial charge in [-0.15, -0.1) is 0 Å². The summed E-state index contributed by atoms with van der Waals surface area (Å²) in [5, 5.41) is 0.417. The molecule has 0 amide bonds. The van der Waals surface area contributed by atoms with Crippen LogP contribution in [0, 0.1) is 5.82 Å². The second-order valence-electron chi connectivity index (χ2n) is 3.84. The second-order valence-corrected chi connectivity index (χ2v) is 4.25. The summed E-state index contributed by atoms with van der Waals surface area (Å²) in [6.45, 7) is 3.14. The van der Waals surface area contributed by atoms with Crippen LogP contribution < -0.4 is 11.3 Å². The average molecular weight is 261 g/mol. The molecule has 1 rings (SSSR count). The Morgan fingerprint density at radius 3 is 2.88 bits per heavy atom. The highest BCUT2D eigenvalue weighted by atomic mass is 35.5. The standard InChI is InChI=1S/C12H18ClFN2O/c1-2-6-17-8-9(16-15)7-10-11(13)4-3-5-12(10)14/h3-5,9,16H,2,6-8,15H2,1H3. The molecule has 96 valence electrons. The summed E-state index contributed by atoms with van der Waals surface area (Å²) in [7, 11) is 0. The predicted octanol–water partition coefficient (Wildman–Crippen LogP) is 2.28. The molecule has 0 aliphatic rings. The van der Waals surface area contributed by atoms with Crippen LogP contribution in [0.2, 0.25) is 5.02 Å². The van der Waals surface area contributed by atoms with Gasteiger partial charge in [-0.3, -0.25) is 11.3 Å². The number of rotatable bonds is 7. The third-order valence-corrected chi connectivity index (χ3v) is 2.77. The molecule has 1 atom stereocenters. The van der Waals surface area contributed by atoms with E-state index in [-0.39, 0.29) is 11.9 Å². The van der Waals surface area contributed by atoms with E-state index in [2.05, 4.69) is 5.43 Å². The van der Waals surface area contributed by atoms with E-state index < -0.39 is 0 Å². The van der Waals surface area contributed by atoms with Gasteiger partial charge in [-0.1, -0.05) is 24.6 Å². The van der Waals surface area contributed by atoms with Gasteiger partial charge in [-0.2, -0.15) is 0 Å². The molecule has 0 radical (unpaired) electrons. The first kappa shape index (κ1) is 14.4. The molecule has 0 saturated carbocycles. The lowest BCUT2D eigenvalue weighted by Crippen LogP contribution is -2.40. The van der Waals surface area contributed by atoms with Gasteiger partial charge < -0.3 is 4.74 Å². The van der Waals surface area contributed by atoms with Gasteiger partial charge in [0.2, 0.25) is 0 Å². The van der Waals surface area contributed by atoms with Crippen LogP contribution in [-0.2, 0) is 11.2 Å². The Balaban J connectivity index is 2.60. The highest BCUT2D eigenvalue weighted by Crippen LogP contribution is 2.20. The lowest BCUT2D eigenvalue weighted by molar-refractivity contribution is 0.111. The third kappa shape index (κ3) is 4.60. The van der Waals surface area contributed by atoms with E-state index in [0.29, 0.717) is 30.2 Å². The number of nitrogens with two attached hydrogens (primary N) is 1. The lowest BCUT2D eigenvalue weighted by Gasteiger charge is -2.17. The Morgan fingerprint density at radius 1 is 1.53 bits per heavy atom. The molecule has 0 spiro atoms. The van der Waals surface area contributed by atoms with E-state index in [9.17, 15) is 4.39 Å². The van der Waals surface area contributed by atoms with Gasteiger partial charge in [-0.25, -0.2) is 4.39 Å². The van der Waals surface area contributed by atoms with Gasteiger partial charge in [0.1, 0.15) is 5.82 Å². The fourth-order valence-corrected chi connectivity index (χ4v) is 1.75. The number of halogens is 2. The molecule has 1 aromatic rings. The maximum absolute atomic E-state index is 13.5. The monoisotopic (exact) mass is 260 g/mol. The Morgan fingerprint density at radius 2 is 2.29 bits per heavy atom. The van der Waals surface area contributed by atoms with Crippen molar-refractivity contribution in [1.29, 1.82) is 0 Å². The van der Waals surface area contributed by atoms with Crippen LogP contribution in [0.4, 0.5) is 4.39 Å². The lowest BCUT2D eigenvalue weighted by atomic mass is 10.1. The summed E-state index contributed by atoms with van der Waals surface area (Å²) in [6, 6.07) is 4.50. The SMILES string of the molecule is CCCOCC(Cc1c(F)cccc1Cl)NN. The smallest absolute Gasteiger partial charge is 0.127 e. The molecule has 1 aromatic carbocycles. The number of hydrazine groups is 1. The first-order valence-corrected chi connectivity index (χ1v) is 6.03. The van der Waals surface area contributed by atoms with Gasteiger partial charge in [0.05, 0.1) is 6.61 Å². The van der Waals surface area contributed by atoms with Crippen LogP contribution in [0.1, 0.15) is 18.9 Å². The van der Waals surface area contributed by atoms with Crippen molar-refractivity contribution in [3.63, 3.8) is 0 Å². The molecule has 5 heteroatoms. The van der Waals surface area contributed by atoms with Crippen molar-refractivity contribution in [3.8, 4) is 0 Å². The molecule has 0 bridgehead atoms. The number of hydrogen-bond acceptors (Lipinski definition) is 3. The van der Waals surface area contributed by atoms with E-state index in [1.54, 1.807) is 12.1 Å². The van der Waals surface area contributed by atoms with Crippen molar-refractivity contribution < 1.29 is 9.13 Å². The number of ether oxygens (including phenoxy) is 1. The fourth-order valence-electron chi connectivity index (χ4n) is 1.51. The van der Waals surface area contributed by atoms with Crippen LogP contribution in [-0.4, -0.2) is 19.3 Å². The molecule has 1 unspecified atom stereocenters. The zero-order chi connectivity index (χ0) is 12.7. The molecule has 3 N–H and O–H groups in total. The summed E-state index contributed by atoms with van der Waals surface area (Å²) in [6.07, 6.45) is 1.35.